The van der Waals surface area contributed by atoms with Crippen molar-refractivity contribution in [1.82, 2.24) is 10.2 Å². The Morgan fingerprint density at radius 1 is 1.15 bits per heavy atom. The molecule has 0 saturated carbocycles. The van der Waals surface area contributed by atoms with Crippen molar-refractivity contribution in [3.8, 4) is 5.75 Å². The van der Waals surface area contributed by atoms with E-state index in [1.165, 1.54) is 29.5 Å². The summed E-state index contributed by atoms with van der Waals surface area (Å²) in [6, 6.07) is 13.0. The zero-order valence-corrected chi connectivity index (χ0v) is 19.8. The van der Waals surface area contributed by atoms with Gasteiger partial charge in [0.1, 0.15) is 12.4 Å². The molecule has 1 fully saturated rings. The fourth-order valence-corrected chi connectivity index (χ4v) is 4.87. The summed E-state index contributed by atoms with van der Waals surface area (Å²) in [5.41, 5.74) is 1.05. The third kappa shape index (κ3) is 6.03. The van der Waals surface area contributed by atoms with Crippen LogP contribution in [-0.4, -0.2) is 49.4 Å². The predicted molar refractivity (Wildman–Crippen MR) is 131 cm³/mol. The maximum Gasteiger partial charge on any atom is 0.294 e. The Balaban J connectivity index is 1.38. The average Bonchev–Trinajstić information content (AvgIpc) is 2.79. The van der Waals surface area contributed by atoms with Gasteiger partial charge in [0.2, 0.25) is 5.91 Å². The van der Waals surface area contributed by atoms with E-state index >= 15 is 0 Å². The van der Waals surface area contributed by atoms with Crippen molar-refractivity contribution < 1.29 is 18.7 Å². The maximum atomic E-state index is 13.6. The molecule has 0 bridgehead atoms. The fraction of sp³-hybridized carbons (Fsp3) is 0.407. The highest BCUT2D eigenvalue weighted by atomic mass is 19.1. The van der Waals surface area contributed by atoms with Gasteiger partial charge >= 0.3 is 0 Å². The van der Waals surface area contributed by atoms with Crippen LogP contribution < -0.4 is 15.0 Å². The number of hydrogen-bond acceptors (Lipinski definition) is 4. The monoisotopic (exact) mass is 465 g/mol. The number of carbonyl (C=O) groups is 2. The molecule has 34 heavy (non-hydrogen) atoms. The highest BCUT2D eigenvalue weighted by Crippen LogP contribution is 2.35. The molecule has 1 saturated heterocycles. The molecule has 0 radical (unpaired) electrons. The lowest BCUT2D eigenvalue weighted by molar-refractivity contribution is -0.123. The van der Waals surface area contributed by atoms with Crippen LogP contribution in [0.25, 0.3) is 6.08 Å². The number of ether oxygens (including phenoxy) is 1. The summed E-state index contributed by atoms with van der Waals surface area (Å²) < 4.78 is 19.4. The third-order valence-corrected chi connectivity index (χ3v) is 6.20. The molecule has 2 aliphatic heterocycles. The second-order valence-corrected chi connectivity index (χ2v) is 9.43. The first-order chi connectivity index (χ1) is 16.4. The normalized spacial score (nSPS) is 21.8. The highest BCUT2D eigenvalue weighted by molar-refractivity contribution is 6.12. The fourth-order valence-electron chi connectivity index (χ4n) is 4.87. The largest absolute Gasteiger partial charge is 0.449 e. The molecule has 0 aromatic heterocycles. The first kappa shape index (κ1) is 24.0. The molecule has 2 aromatic rings. The number of likely N-dealkylation sites (tertiary alicyclic amines) is 1. The number of piperidine rings is 1. The summed E-state index contributed by atoms with van der Waals surface area (Å²) in [5, 5.41) is 2.95. The van der Waals surface area contributed by atoms with Crippen LogP contribution in [0.15, 0.2) is 54.3 Å². The minimum Gasteiger partial charge on any atom is -0.449 e. The lowest BCUT2D eigenvalue weighted by Crippen LogP contribution is -2.45. The molecule has 2 atom stereocenters. The molecule has 2 unspecified atom stereocenters. The van der Waals surface area contributed by atoms with Crippen LogP contribution in [0.2, 0.25) is 0 Å². The quantitative estimate of drug-likeness (QED) is 0.495. The Morgan fingerprint density at radius 2 is 1.91 bits per heavy atom. The van der Waals surface area contributed by atoms with Crippen LogP contribution in [0.4, 0.5) is 10.1 Å². The number of rotatable bonds is 7. The van der Waals surface area contributed by atoms with Gasteiger partial charge < -0.3 is 15.0 Å². The standard InChI is InChI=1S/C27H32FN3O3/c1-19-13-20(2)17-30(16-19)12-6-11-29-26(32)18-31-23-9-3-4-10-24(23)34-25(27(31)33)15-21-7-5-8-22(28)14-21/h3-5,7-10,14-15,19-20H,6,11-13,16-18H2,1-2H3,(H,29,32)/b25-15+. The van der Waals surface area contributed by atoms with Gasteiger partial charge in [-0.15, -0.1) is 0 Å². The Labute approximate surface area is 200 Å². The van der Waals surface area contributed by atoms with E-state index < -0.39 is 11.7 Å². The number of halogens is 1. The Morgan fingerprint density at radius 3 is 2.68 bits per heavy atom. The van der Waals surface area contributed by atoms with E-state index in [1.54, 1.807) is 36.4 Å². The summed E-state index contributed by atoms with van der Waals surface area (Å²) in [7, 11) is 0. The topological polar surface area (TPSA) is 61.9 Å². The minimum atomic E-state index is -0.436. The van der Waals surface area contributed by atoms with E-state index in [2.05, 4.69) is 24.1 Å². The molecule has 1 N–H and O–H groups in total. The molecule has 6 nitrogen and oxygen atoms in total. The summed E-state index contributed by atoms with van der Waals surface area (Å²) in [6.07, 6.45) is 3.63. The maximum absolute atomic E-state index is 13.6. The van der Waals surface area contributed by atoms with Crippen molar-refractivity contribution in [3.63, 3.8) is 0 Å². The van der Waals surface area contributed by atoms with Crippen LogP contribution in [-0.2, 0) is 9.59 Å². The van der Waals surface area contributed by atoms with Crippen molar-refractivity contribution in [2.45, 2.75) is 26.7 Å². The lowest BCUT2D eigenvalue weighted by atomic mass is 9.92. The van der Waals surface area contributed by atoms with E-state index in [-0.39, 0.29) is 18.2 Å². The molecule has 180 valence electrons. The van der Waals surface area contributed by atoms with Crippen LogP contribution in [0.1, 0.15) is 32.3 Å². The number of benzene rings is 2. The molecule has 2 aliphatic rings. The molecular weight excluding hydrogens is 433 g/mol. The zero-order valence-electron chi connectivity index (χ0n) is 19.8. The first-order valence-corrected chi connectivity index (χ1v) is 11.9. The second kappa shape index (κ2) is 10.8. The third-order valence-electron chi connectivity index (χ3n) is 6.20. The van der Waals surface area contributed by atoms with Gasteiger partial charge in [0.25, 0.3) is 5.91 Å². The number of para-hydroxylation sites is 2. The molecule has 4 rings (SSSR count). The SMILES string of the molecule is CC1CC(C)CN(CCCNC(=O)CN2C(=O)/C(=C\c3cccc(F)c3)Oc3ccccc32)C1. The molecule has 2 amide bonds. The lowest BCUT2D eigenvalue weighted by Gasteiger charge is -2.35. The first-order valence-electron chi connectivity index (χ1n) is 11.9. The van der Waals surface area contributed by atoms with Crippen molar-refractivity contribution in [3.05, 3.63) is 65.7 Å². The molecule has 0 spiro atoms. The van der Waals surface area contributed by atoms with Gasteiger partial charge in [-0.3, -0.25) is 14.5 Å². The van der Waals surface area contributed by atoms with Crippen LogP contribution in [0.3, 0.4) is 0 Å². The van der Waals surface area contributed by atoms with Gasteiger partial charge in [0.15, 0.2) is 11.5 Å². The van der Waals surface area contributed by atoms with E-state index in [0.717, 1.165) is 26.1 Å². The molecular formula is C27H32FN3O3. The summed E-state index contributed by atoms with van der Waals surface area (Å²) in [4.78, 5) is 29.7. The Kier molecular flexibility index (Phi) is 7.63. The molecule has 2 heterocycles. The van der Waals surface area contributed by atoms with Gasteiger partial charge in [-0.05, 0) is 67.1 Å². The molecule has 7 heteroatoms. The summed E-state index contributed by atoms with van der Waals surface area (Å²) in [6.45, 7) is 8.20. The summed E-state index contributed by atoms with van der Waals surface area (Å²) in [5.74, 6) is 0.879. The van der Waals surface area contributed by atoms with Crippen LogP contribution >= 0.6 is 0 Å². The van der Waals surface area contributed by atoms with Crippen molar-refractivity contribution in [2.24, 2.45) is 11.8 Å². The number of nitrogens with one attached hydrogen (secondary N) is 1. The zero-order chi connectivity index (χ0) is 24.1. The number of hydrogen-bond donors (Lipinski definition) is 1. The van der Waals surface area contributed by atoms with Gasteiger partial charge in [-0.25, -0.2) is 4.39 Å². The van der Waals surface area contributed by atoms with Crippen molar-refractivity contribution in [1.29, 1.82) is 0 Å². The second-order valence-electron chi connectivity index (χ2n) is 9.43. The highest BCUT2D eigenvalue weighted by Gasteiger charge is 2.31. The van der Waals surface area contributed by atoms with Crippen LogP contribution in [0.5, 0.6) is 5.75 Å². The van der Waals surface area contributed by atoms with Gasteiger partial charge in [-0.1, -0.05) is 38.1 Å². The Hall–Kier alpha value is -3.19. The number of nitrogens with zero attached hydrogens (tertiary/aromatic N) is 2. The van der Waals surface area contributed by atoms with Crippen molar-refractivity contribution >= 4 is 23.6 Å². The Bertz CT molecular complexity index is 1060. The van der Waals surface area contributed by atoms with E-state index in [9.17, 15) is 14.0 Å². The van der Waals surface area contributed by atoms with E-state index in [4.69, 9.17) is 4.74 Å². The van der Waals surface area contributed by atoms with E-state index in [0.29, 0.717) is 35.4 Å². The molecule has 0 aliphatic carbocycles. The minimum absolute atomic E-state index is 0.0467. The summed E-state index contributed by atoms with van der Waals surface area (Å²) >= 11 is 0. The number of amides is 2. The van der Waals surface area contributed by atoms with Crippen molar-refractivity contribution in [2.75, 3.05) is 37.6 Å². The smallest absolute Gasteiger partial charge is 0.294 e. The number of carbonyl (C=O) groups excluding carboxylic acids is 2. The number of fused-ring (bicyclic) bond motifs is 1. The molecule has 2 aromatic carbocycles. The number of anilines is 1. The predicted octanol–water partition coefficient (Wildman–Crippen LogP) is 4.08. The average molecular weight is 466 g/mol. The van der Waals surface area contributed by atoms with Gasteiger partial charge in [-0.2, -0.15) is 0 Å². The van der Waals surface area contributed by atoms with E-state index in [1.807, 2.05) is 0 Å². The van der Waals surface area contributed by atoms with Gasteiger partial charge in [0.05, 0.1) is 5.69 Å². The van der Waals surface area contributed by atoms with Crippen LogP contribution in [0, 0.1) is 17.7 Å². The van der Waals surface area contributed by atoms with Gasteiger partial charge in [0, 0.05) is 19.6 Å².